The van der Waals surface area contributed by atoms with Crippen molar-refractivity contribution in [2.75, 3.05) is 12.8 Å². The summed E-state index contributed by atoms with van der Waals surface area (Å²) in [5, 5.41) is 11.6. The first-order valence-corrected chi connectivity index (χ1v) is 5.87. The number of aromatic nitrogens is 2. The number of carbonyl (C=O) groups is 1. The SMILES string of the molecule is CSc1nnc(CCNC(C)=O)s1. The van der Waals surface area contributed by atoms with E-state index < -0.39 is 0 Å². The molecular weight excluding hydrogens is 206 g/mol. The molecule has 0 aliphatic rings. The molecule has 0 atom stereocenters. The predicted octanol–water partition coefficient (Wildman–Crippen LogP) is 0.939. The molecule has 13 heavy (non-hydrogen) atoms. The predicted molar refractivity (Wildman–Crippen MR) is 54.1 cm³/mol. The van der Waals surface area contributed by atoms with Crippen LogP contribution in [0.15, 0.2) is 4.34 Å². The molecule has 0 fully saturated rings. The molecule has 1 N–H and O–H groups in total. The fraction of sp³-hybridized carbons (Fsp3) is 0.571. The molecule has 0 saturated carbocycles. The van der Waals surface area contributed by atoms with E-state index in [1.165, 1.54) is 6.92 Å². The van der Waals surface area contributed by atoms with Crippen molar-refractivity contribution in [2.45, 2.75) is 17.7 Å². The molecule has 0 radical (unpaired) electrons. The highest BCUT2D eigenvalue weighted by Crippen LogP contribution is 2.19. The van der Waals surface area contributed by atoms with Crippen LogP contribution in [0.3, 0.4) is 0 Å². The Morgan fingerprint density at radius 3 is 2.92 bits per heavy atom. The van der Waals surface area contributed by atoms with Crippen molar-refractivity contribution in [3.8, 4) is 0 Å². The zero-order valence-electron chi connectivity index (χ0n) is 7.53. The van der Waals surface area contributed by atoms with Crippen LogP contribution in [0.25, 0.3) is 0 Å². The maximum Gasteiger partial charge on any atom is 0.216 e. The van der Waals surface area contributed by atoms with E-state index in [1.807, 2.05) is 6.26 Å². The van der Waals surface area contributed by atoms with Gasteiger partial charge in [0.05, 0.1) is 0 Å². The largest absolute Gasteiger partial charge is 0.356 e. The minimum atomic E-state index is -0.00500. The fourth-order valence-electron chi connectivity index (χ4n) is 0.767. The summed E-state index contributed by atoms with van der Waals surface area (Å²) in [5.74, 6) is -0.00500. The number of carbonyl (C=O) groups excluding carboxylic acids is 1. The van der Waals surface area contributed by atoms with E-state index in [1.54, 1.807) is 23.1 Å². The van der Waals surface area contributed by atoms with Gasteiger partial charge in [-0.1, -0.05) is 23.1 Å². The standard InChI is InChI=1S/C7H11N3OS2/c1-5(11)8-4-3-6-9-10-7(12-2)13-6/h3-4H2,1-2H3,(H,8,11). The summed E-state index contributed by atoms with van der Waals surface area (Å²) in [6, 6.07) is 0. The number of nitrogens with zero attached hydrogens (tertiary/aromatic N) is 2. The first kappa shape index (κ1) is 10.5. The maximum absolute atomic E-state index is 10.5. The summed E-state index contributed by atoms with van der Waals surface area (Å²) in [6.07, 6.45) is 2.73. The van der Waals surface area contributed by atoms with Gasteiger partial charge in [-0.15, -0.1) is 10.2 Å². The summed E-state index contributed by atoms with van der Waals surface area (Å²) in [6.45, 7) is 2.14. The summed E-state index contributed by atoms with van der Waals surface area (Å²) in [7, 11) is 0. The zero-order chi connectivity index (χ0) is 9.68. The number of thioether (sulfide) groups is 1. The molecule has 0 saturated heterocycles. The smallest absolute Gasteiger partial charge is 0.216 e. The van der Waals surface area contributed by atoms with Crippen LogP contribution in [0.2, 0.25) is 0 Å². The highest BCUT2D eigenvalue weighted by Gasteiger charge is 2.02. The number of nitrogens with one attached hydrogen (secondary N) is 1. The second-order valence-corrected chi connectivity index (χ2v) is 4.51. The van der Waals surface area contributed by atoms with Gasteiger partial charge in [-0.25, -0.2) is 0 Å². The molecule has 1 rings (SSSR count). The summed E-state index contributed by atoms with van der Waals surface area (Å²) in [4.78, 5) is 10.5. The monoisotopic (exact) mass is 217 g/mol. The number of hydrogen-bond donors (Lipinski definition) is 1. The van der Waals surface area contributed by atoms with Crippen molar-refractivity contribution < 1.29 is 4.79 Å². The Morgan fingerprint density at radius 1 is 1.62 bits per heavy atom. The third-order valence-corrected chi connectivity index (χ3v) is 3.29. The van der Waals surface area contributed by atoms with Gasteiger partial charge >= 0.3 is 0 Å². The Hall–Kier alpha value is -0.620. The van der Waals surface area contributed by atoms with Crippen molar-refractivity contribution in [3.05, 3.63) is 5.01 Å². The van der Waals surface area contributed by atoms with Crippen LogP contribution in [0.4, 0.5) is 0 Å². The molecule has 0 aliphatic carbocycles. The minimum Gasteiger partial charge on any atom is -0.356 e. The maximum atomic E-state index is 10.5. The Bertz CT molecular complexity index is 287. The molecule has 1 aromatic heterocycles. The molecule has 0 spiro atoms. The van der Waals surface area contributed by atoms with Gasteiger partial charge in [-0.2, -0.15) is 0 Å². The highest BCUT2D eigenvalue weighted by molar-refractivity contribution is 8.00. The highest BCUT2D eigenvalue weighted by atomic mass is 32.2. The Morgan fingerprint density at radius 2 is 2.38 bits per heavy atom. The molecule has 6 heteroatoms. The van der Waals surface area contributed by atoms with Gasteiger partial charge in [0.2, 0.25) is 5.91 Å². The van der Waals surface area contributed by atoms with Crippen LogP contribution < -0.4 is 5.32 Å². The van der Waals surface area contributed by atoms with E-state index in [9.17, 15) is 4.79 Å². The molecular formula is C7H11N3OS2. The van der Waals surface area contributed by atoms with E-state index >= 15 is 0 Å². The summed E-state index contributed by atoms with van der Waals surface area (Å²) in [5.41, 5.74) is 0. The van der Waals surface area contributed by atoms with Gasteiger partial charge in [0.15, 0.2) is 4.34 Å². The lowest BCUT2D eigenvalue weighted by Gasteiger charge is -1.96. The first-order valence-electron chi connectivity index (χ1n) is 3.83. The molecule has 0 aliphatic heterocycles. The van der Waals surface area contributed by atoms with Gasteiger partial charge in [-0.05, 0) is 6.26 Å². The minimum absolute atomic E-state index is 0.00500. The van der Waals surface area contributed by atoms with E-state index in [-0.39, 0.29) is 5.91 Å². The summed E-state index contributed by atoms with van der Waals surface area (Å²) >= 11 is 3.16. The lowest BCUT2D eigenvalue weighted by atomic mass is 10.4. The van der Waals surface area contributed by atoms with Gasteiger partial charge in [0, 0.05) is 19.9 Å². The lowest BCUT2D eigenvalue weighted by Crippen LogP contribution is -2.22. The van der Waals surface area contributed by atoms with Crippen LogP contribution in [0, 0.1) is 0 Å². The zero-order valence-corrected chi connectivity index (χ0v) is 9.17. The Balaban J connectivity index is 2.32. The van der Waals surface area contributed by atoms with Crippen molar-refractivity contribution >= 4 is 29.0 Å². The third kappa shape index (κ3) is 3.73. The quantitative estimate of drug-likeness (QED) is 0.763. The number of rotatable bonds is 4. The van der Waals surface area contributed by atoms with E-state index in [0.29, 0.717) is 6.54 Å². The molecule has 0 aromatic carbocycles. The average molecular weight is 217 g/mol. The second kappa shape index (κ2) is 5.18. The van der Waals surface area contributed by atoms with Crippen molar-refractivity contribution in [1.29, 1.82) is 0 Å². The van der Waals surface area contributed by atoms with E-state index in [4.69, 9.17) is 0 Å². The molecule has 1 aromatic rings. The average Bonchev–Trinajstić information content (AvgIpc) is 2.52. The van der Waals surface area contributed by atoms with Crippen LogP contribution in [0.5, 0.6) is 0 Å². The molecule has 0 unspecified atom stereocenters. The van der Waals surface area contributed by atoms with Gasteiger partial charge in [0.1, 0.15) is 5.01 Å². The van der Waals surface area contributed by atoms with Crippen LogP contribution in [-0.4, -0.2) is 28.9 Å². The van der Waals surface area contributed by atoms with Crippen molar-refractivity contribution in [2.24, 2.45) is 0 Å². The van der Waals surface area contributed by atoms with E-state index in [2.05, 4.69) is 15.5 Å². The van der Waals surface area contributed by atoms with Gasteiger partial charge in [-0.3, -0.25) is 4.79 Å². The number of amides is 1. The Kier molecular flexibility index (Phi) is 4.17. The second-order valence-electron chi connectivity index (χ2n) is 2.40. The van der Waals surface area contributed by atoms with Crippen molar-refractivity contribution in [1.82, 2.24) is 15.5 Å². The third-order valence-electron chi connectivity index (χ3n) is 1.34. The molecule has 0 bridgehead atoms. The van der Waals surface area contributed by atoms with E-state index in [0.717, 1.165) is 15.8 Å². The lowest BCUT2D eigenvalue weighted by molar-refractivity contribution is -0.118. The van der Waals surface area contributed by atoms with Crippen LogP contribution in [-0.2, 0) is 11.2 Å². The molecule has 1 heterocycles. The van der Waals surface area contributed by atoms with Crippen molar-refractivity contribution in [3.63, 3.8) is 0 Å². The van der Waals surface area contributed by atoms with Crippen LogP contribution in [0.1, 0.15) is 11.9 Å². The molecule has 72 valence electrons. The topological polar surface area (TPSA) is 54.9 Å². The van der Waals surface area contributed by atoms with Crippen LogP contribution >= 0.6 is 23.1 Å². The van der Waals surface area contributed by atoms with Gasteiger partial charge in [0.25, 0.3) is 0 Å². The fourth-order valence-corrected chi connectivity index (χ4v) is 2.08. The summed E-state index contributed by atoms with van der Waals surface area (Å²) < 4.78 is 0.970. The van der Waals surface area contributed by atoms with Gasteiger partial charge < -0.3 is 5.32 Å². The molecule has 4 nitrogen and oxygen atoms in total. The number of hydrogen-bond acceptors (Lipinski definition) is 5. The molecule has 1 amide bonds. The first-order chi connectivity index (χ1) is 6.22. The normalized spacial score (nSPS) is 10.0. The Labute approximate surface area is 85.1 Å².